The quantitative estimate of drug-likeness (QED) is 0.730. The Labute approximate surface area is 70.3 Å². The summed E-state index contributed by atoms with van der Waals surface area (Å²) in [5.41, 5.74) is 5.71. The lowest BCUT2D eigenvalue weighted by atomic mass is 10.2. The van der Waals surface area contributed by atoms with Crippen molar-refractivity contribution in [2.75, 3.05) is 0 Å². The lowest BCUT2D eigenvalue weighted by Crippen LogP contribution is -2.06. The monoisotopic (exact) mass is 166 g/mol. The summed E-state index contributed by atoms with van der Waals surface area (Å²) < 4.78 is 0. The van der Waals surface area contributed by atoms with Crippen molar-refractivity contribution in [1.29, 1.82) is 5.26 Å². The number of nitriles is 1. The zero-order chi connectivity index (χ0) is 8.27. The number of nitrogens with zero attached hydrogens (tertiary/aromatic N) is 1. The number of thiophene rings is 1. The molecule has 0 aliphatic carbocycles. The van der Waals surface area contributed by atoms with Crippen molar-refractivity contribution in [3.63, 3.8) is 0 Å². The first kappa shape index (κ1) is 8.25. The molecule has 1 aromatic heterocycles. The van der Waals surface area contributed by atoms with Gasteiger partial charge in [-0.05, 0) is 19.1 Å². The minimum atomic E-state index is -0.0984. The number of rotatable bonds is 2. The van der Waals surface area contributed by atoms with Crippen molar-refractivity contribution in [3.05, 3.63) is 21.9 Å². The number of hydrogen-bond donors (Lipinski definition) is 1. The molecule has 0 aliphatic heterocycles. The first-order chi connectivity index (χ1) is 5.24. The molecule has 0 aliphatic rings. The van der Waals surface area contributed by atoms with Gasteiger partial charge >= 0.3 is 0 Å². The van der Waals surface area contributed by atoms with Crippen LogP contribution < -0.4 is 5.73 Å². The molecule has 0 bridgehead atoms. The molecule has 0 unspecified atom stereocenters. The van der Waals surface area contributed by atoms with E-state index in [0.29, 0.717) is 6.42 Å². The van der Waals surface area contributed by atoms with Crippen molar-refractivity contribution in [1.82, 2.24) is 0 Å². The predicted molar refractivity (Wildman–Crippen MR) is 46.2 cm³/mol. The predicted octanol–water partition coefficient (Wildman–Crippen LogP) is 1.97. The Morgan fingerprint density at radius 2 is 2.45 bits per heavy atom. The van der Waals surface area contributed by atoms with Crippen LogP contribution in [-0.4, -0.2) is 0 Å². The maximum Gasteiger partial charge on any atom is 0.0642 e. The van der Waals surface area contributed by atoms with Crippen LogP contribution in [0.25, 0.3) is 0 Å². The number of nitrogens with two attached hydrogens (primary N) is 1. The van der Waals surface area contributed by atoms with Crippen LogP contribution in [-0.2, 0) is 0 Å². The van der Waals surface area contributed by atoms with Gasteiger partial charge in [-0.25, -0.2) is 0 Å². The highest BCUT2D eigenvalue weighted by atomic mass is 32.1. The molecule has 1 heterocycles. The molecular weight excluding hydrogens is 156 g/mol. The van der Waals surface area contributed by atoms with Crippen molar-refractivity contribution in [2.45, 2.75) is 19.4 Å². The van der Waals surface area contributed by atoms with E-state index in [2.05, 4.69) is 6.07 Å². The van der Waals surface area contributed by atoms with Gasteiger partial charge in [0.05, 0.1) is 18.5 Å². The van der Waals surface area contributed by atoms with Gasteiger partial charge in [0.2, 0.25) is 0 Å². The van der Waals surface area contributed by atoms with E-state index in [1.807, 2.05) is 19.1 Å². The van der Waals surface area contributed by atoms with Gasteiger partial charge in [-0.2, -0.15) is 5.26 Å². The molecule has 0 spiro atoms. The van der Waals surface area contributed by atoms with E-state index < -0.39 is 0 Å². The van der Waals surface area contributed by atoms with E-state index >= 15 is 0 Å². The maximum atomic E-state index is 8.38. The summed E-state index contributed by atoms with van der Waals surface area (Å²) in [5.74, 6) is 0. The molecule has 0 aromatic carbocycles. The average Bonchev–Trinajstić information content (AvgIpc) is 2.36. The van der Waals surface area contributed by atoms with E-state index in [1.54, 1.807) is 11.3 Å². The number of aryl methyl sites for hydroxylation is 1. The average molecular weight is 166 g/mol. The minimum absolute atomic E-state index is 0.0984. The molecule has 1 rings (SSSR count). The molecule has 11 heavy (non-hydrogen) atoms. The van der Waals surface area contributed by atoms with Gasteiger partial charge in [0.15, 0.2) is 0 Å². The molecule has 2 nitrogen and oxygen atoms in total. The van der Waals surface area contributed by atoms with Crippen molar-refractivity contribution in [2.24, 2.45) is 5.73 Å². The summed E-state index contributed by atoms with van der Waals surface area (Å²) in [6.45, 7) is 2.03. The van der Waals surface area contributed by atoms with E-state index in [9.17, 15) is 0 Å². The zero-order valence-corrected chi connectivity index (χ0v) is 7.19. The Hall–Kier alpha value is -0.850. The molecule has 0 fully saturated rings. The summed E-state index contributed by atoms with van der Waals surface area (Å²) in [4.78, 5) is 2.34. The van der Waals surface area contributed by atoms with Gasteiger partial charge in [0.1, 0.15) is 0 Å². The van der Waals surface area contributed by atoms with E-state index in [-0.39, 0.29) is 6.04 Å². The first-order valence-corrected chi connectivity index (χ1v) is 4.24. The SMILES string of the molecule is Cc1ccc([C@H](N)CC#N)s1. The first-order valence-electron chi connectivity index (χ1n) is 3.43. The fourth-order valence-corrected chi connectivity index (χ4v) is 1.73. The summed E-state index contributed by atoms with van der Waals surface area (Å²) in [5, 5.41) is 8.38. The highest BCUT2D eigenvalue weighted by Gasteiger charge is 2.06. The van der Waals surface area contributed by atoms with Crippen molar-refractivity contribution >= 4 is 11.3 Å². The molecule has 2 N–H and O–H groups in total. The fraction of sp³-hybridized carbons (Fsp3) is 0.375. The normalized spacial score (nSPS) is 12.5. The van der Waals surface area contributed by atoms with Crippen molar-refractivity contribution < 1.29 is 0 Å². The van der Waals surface area contributed by atoms with Gasteiger partial charge in [-0.3, -0.25) is 0 Å². The molecular formula is C8H10N2S. The Balaban J connectivity index is 2.70. The number of hydrogen-bond acceptors (Lipinski definition) is 3. The lowest BCUT2D eigenvalue weighted by molar-refractivity contribution is 0.765. The largest absolute Gasteiger partial charge is 0.322 e. The smallest absolute Gasteiger partial charge is 0.0642 e. The third kappa shape index (κ3) is 2.04. The maximum absolute atomic E-state index is 8.38. The van der Waals surface area contributed by atoms with Gasteiger partial charge in [0, 0.05) is 9.75 Å². The summed E-state index contributed by atoms with van der Waals surface area (Å²) in [6.07, 6.45) is 0.403. The van der Waals surface area contributed by atoms with Crippen LogP contribution in [0, 0.1) is 18.3 Å². The lowest BCUT2D eigenvalue weighted by Gasteiger charge is -2.01. The summed E-state index contributed by atoms with van der Waals surface area (Å²) in [6, 6.07) is 5.97. The van der Waals surface area contributed by atoms with E-state index in [4.69, 9.17) is 11.0 Å². The molecule has 0 radical (unpaired) electrons. The molecule has 0 saturated carbocycles. The topological polar surface area (TPSA) is 49.8 Å². The van der Waals surface area contributed by atoms with E-state index in [0.717, 1.165) is 4.88 Å². The Morgan fingerprint density at radius 1 is 1.73 bits per heavy atom. The third-order valence-electron chi connectivity index (χ3n) is 1.44. The Bertz CT molecular complexity index is 272. The molecule has 3 heteroatoms. The minimum Gasteiger partial charge on any atom is -0.322 e. The third-order valence-corrected chi connectivity index (χ3v) is 2.57. The highest BCUT2D eigenvalue weighted by molar-refractivity contribution is 7.12. The second-order valence-corrected chi connectivity index (χ2v) is 3.74. The molecule has 1 aromatic rings. The van der Waals surface area contributed by atoms with Crippen LogP contribution in [0.5, 0.6) is 0 Å². The van der Waals surface area contributed by atoms with Crippen LogP contribution in [0.3, 0.4) is 0 Å². The second-order valence-electron chi connectivity index (χ2n) is 2.42. The van der Waals surface area contributed by atoms with Gasteiger partial charge in [0.25, 0.3) is 0 Å². The van der Waals surface area contributed by atoms with Gasteiger partial charge in [-0.1, -0.05) is 0 Å². The molecule has 58 valence electrons. The Kier molecular flexibility index (Phi) is 2.64. The van der Waals surface area contributed by atoms with Crippen LogP contribution in [0.15, 0.2) is 12.1 Å². The van der Waals surface area contributed by atoms with Crippen LogP contribution in [0.1, 0.15) is 22.2 Å². The van der Waals surface area contributed by atoms with Gasteiger partial charge in [-0.15, -0.1) is 11.3 Å². The van der Waals surface area contributed by atoms with Crippen LogP contribution in [0.4, 0.5) is 0 Å². The molecule has 0 saturated heterocycles. The molecule has 0 amide bonds. The van der Waals surface area contributed by atoms with E-state index in [1.165, 1.54) is 4.88 Å². The second kappa shape index (κ2) is 3.51. The standard InChI is InChI=1S/C8H10N2S/c1-6-2-3-8(11-6)7(10)4-5-9/h2-3,7H,4,10H2,1H3/t7-/m1/s1. The fourth-order valence-electron chi connectivity index (χ4n) is 0.852. The summed E-state index contributed by atoms with van der Waals surface area (Å²) >= 11 is 1.66. The molecule has 1 atom stereocenters. The van der Waals surface area contributed by atoms with Gasteiger partial charge < -0.3 is 5.73 Å². The summed E-state index contributed by atoms with van der Waals surface area (Å²) in [7, 11) is 0. The zero-order valence-electron chi connectivity index (χ0n) is 6.37. The Morgan fingerprint density at radius 3 is 2.91 bits per heavy atom. The van der Waals surface area contributed by atoms with Crippen molar-refractivity contribution in [3.8, 4) is 6.07 Å². The highest BCUT2D eigenvalue weighted by Crippen LogP contribution is 2.22. The van der Waals surface area contributed by atoms with Crippen LogP contribution in [0.2, 0.25) is 0 Å². The van der Waals surface area contributed by atoms with Crippen LogP contribution >= 0.6 is 11.3 Å².